The van der Waals surface area contributed by atoms with Gasteiger partial charge in [-0.3, -0.25) is 9.59 Å². The van der Waals surface area contributed by atoms with Crippen molar-refractivity contribution < 1.29 is 19.1 Å². The molecule has 0 atom stereocenters. The summed E-state index contributed by atoms with van der Waals surface area (Å²) in [7, 11) is 5.03. The van der Waals surface area contributed by atoms with Crippen molar-refractivity contribution in [3.05, 3.63) is 47.3 Å². The number of hydrogen-bond acceptors (Lipinski definition) is 4. The van der Waals surface area contributed by atoms with Crippen molar-refractivity contribution in [3.8, 4) is 11.5 Å². The first-order chi connectivity index (χ1) is 13.0. The van der Waals surface area contributed by atoms with E-state index in [-0.39, 0.29) is 11.8 Å². The molecule has 7 nitrogen and oxygen atoms in total. The number of rotatable bonds is 4. The second-order valence-electron chi connectivity index (χ2n) is 6.62. The van der Waals surface area contributed by atoms with Gasteiger partial charge in [0, 0.05) is 51.2 Å². The molecule has 2 heterocycles. The zero-order valence-electron chi connectivity index (χ0n) is 16.2. The van der Waals surface area contributed by atoms with E-state index in [0.717, 1.165) is 5.56 Å². The van der Waals surface area contributed by atoms with Gasteiger partial charge in [-0.2, -0.15) is 0 Å². The number of hydrogen-bond donors (Lipinski definition) is 0. The number of carbonyl (C=O) groups is 2. The van der Waals surface area contributed by atoms with Gasteiger partial charge in [-0.05, 0) is 25.1 Å². The van der Waals surface area contributed by atoms with Crippen LogP contribution >= 0.6 is 0 Å². The quantitative estimate of drug-likeness (QED) is 0.824. The number of nitrogens with zero attached hydrogens (tertiary/aromatic N) is 3. The monoisotopic (exact) mass is 371 g/mol. The molecule has 27 heavy (non-hydrogen) atoms. The number of methoxy groups -OCH3 is 2. The molecule has 144 valence electrons. The summed E-state index contributed by atoms with van der Waals surface area (Å²) in [4.78, 5) is 29.1. The number of amides is 2. The first kappa shape index (κ1) is 18.8. The summed E-state index contributed by atoms with van der Waals surface area (Å²) in [5.41, 5.74) is 1.98. The molecule has 1 saturated heterocycles. The fourth-order valence-corrected chi connectivity index (χ4v) is 3.42. The highest BCUT2D eigenvalue weighted by atomic mass is 16.5. The van der Waals surface area contributed by atoms with E-state index in [0.29, 0.717) is 48.8 Å². The maximum absolute atomic E-state index is 13.0. The lowest BCUT2D eigenvalue weighted by atomic mass is 10.1. The van der Waals surface area contributed by atoms with E-state index in [9.17, 15) is 9.59 Å². The summed E-state index contributed by atoms with van der Waals surface area (Å²) in [5.74, 6) is 1.12. The number of aryl methyl sites for hydroxylation is 1. The third-order valence-corrected chi connectivity index (χ3v) is 4.94. The van der Waals surface area contributed by atoms with E-state index in [2.05, 4.69) is 0 Å². The van der Waals surface area contributed by atoms with Crippen molar-refractivity contribution in [2.45, 2.75) is 6.92 Å². The molecule has 0 aliphatic carbocycles. The highest BCUT2D eigenvalue weighted by Crippen LogP contribution is 2.32. The first-order valence-corrected chi connectivity index (χ1v) is 8.88. The van der Waals surface area contributed by atoms with Crippen molar-refractivity contribution in [1.82, 2.24) is 14.4 Å². The Bertz CT molecular complexity index is 851. The SMILES string of the molecule is COc1ccc(C(=O)N2CCN(C(=O)c3ccn(C)c3)CC2)c(OC)c1C. The normalized spacial score (nSPS) is 14.2. The van der Waals surface area contributed by atoms with Gasteiger partial charge >= 0.3 is 0 Å². The van der Waals surface area contributed by atoms with Gasteiger partial charge in [0.1, 0.15) is 11.5 Å². The Kier molecular flexibility index (Phi) is 5.39. The van der Waals surface area contributed by atoms with Crippen molar-refractivity contribution in [2.75, 3.05) is 40.4 Å². The van der Waals surface area contributed by atoms with Crippen LogP contribution in [0, 0.1) is 6.92 Å². The molecule has 1 aromatic carbocycles. The second-order valence-corrected chi connectivity index (χ2v) is 6.62. The Morgan fingerprint density at radius 3 is 2.07 bits per heavy atom. The first-order valence-electron chi connectivity index (χ1n) is 8.88. The minimum Gasteiger partial charge on any atom is -0.496 e. The van der Waals surface area contributed by atoms with Gasteiger partial charge < -0.3 is 23.8 Å². The molecule has 0 unspecified atom stereocenters. The summed E-state index contributed by atoms with van der Waals surface area (Å²) in [6.07, 6.45) is 3.66. The molecule has 0 N–H and O–H groups in total. The predicted molar refractivity (Wildman–Crippen MR) is 102 cm³/mol. The maximum Gasteiger partial charge on any atom is 0.257 e. The molecule has 0 spiro atoms. The number of carbonyl (C=O) groups excluding carboxylic acids is 2. The molecule has 7 heteroatoms. The van der Waals surface area contributed by atoms with Gasteiger partial charge in [0.2, 0.25) is 0 Å². The summed E-state index contributed by atoms with van der Waals surface area (Å²) < 4.78 is 12.6. The molecule has 0 bridgehead atoms. The molecule has 2 amide bonds. The van der Waals surface area contributed by atoms with E-state index in [1.807, 2.05) is 37.0 Å². The van der Waals surface area contributed by atoms with Crippen LogP contribution in [0.5, 0.6) is 11.5 Å². The molecule has 0 saturated carbocycles. The zero-order chi connectivity index (χ0) is 19.6. The standard InChI is InChI=1S/C20H25N3O4/c1-14-17(26-3)6-5-16(18(14)27-4)20(25)23-11-9-22(10-12-23)19(24)15-7-8-21(2)13-15/h5-8,13H,9-12H2,1-4H3. The smallest absolute Gasteiger partial charge is 0.257 e. The molecular formula is C20H25N3O4. The van der Waals surface area contributed by atoms with E-state index in [1.54, 1.807) is 36.2 Å². The topological polar surface area (TPSA) is 64.0 Å². The minimum atomic E-state index is -0.0931. The van der Waals surface area contributed by atoms with Crippen LogP contribution in [0.4, 0.5) is 0 Å². The number of ether oxygens (including phenoxy) is 2. The highest BCUT2D eigenvalue weighted by Gasteiger charge is 2.28. The average Bonchev–Trinajstić information content (AvgIpc) is 3.13. The molecular weight excluding hydrogens is 346 g/mol. The van der Waals surface area contributed by atoms with Crippen LogP contribution in [0.2, 0.25) is 0 Å². The fraction of sp³-hybridized carbons (Fsp3) is 0.400. The molecule has 1 fully saturated rings. The maximum atomic E-state index is 13.0. The molecule has 1 aliphatic heterocycles. The largest absolute Gasteiger partial charge is 0.496 e. The van der Waals surface area contributed by atoms with Gasteiger partial charge in [0.05, 0.1) is 25.3 Å². The predicted octanol–water partition coefficient (Wildman–Crippen LogP) is 1.95. The van der Waals surface area contributed by atoms with Gasteiger partial charge in [-0.1, -0.05) is 0 Å². The van der Waals surface area contributed by atoms with Crippen molar-refractivity contribution in [3.63, 3.8) is 0 Å². The van der Waals surface area contributed by atoms with Crippen LogP contribution in [0.1, 0.15) is 26.3 Å². The minimum absolute atomic E-state index is 0.000529. The lowest BCUT2D eigenvalue weighted by Gasteiger charge is -2.35. The molecule has 1 aliphatic rings. The van der Waals surface area contributed by atoms with Crippen LogP contribution < -0.4 is 9.47 Å². The summed E-state index contributed by atoms with van der Waals surface area (Å²) in [6.45, 7) is 3.87. The number of aromatic nitrogens is 1. The average molecular weight is 371 g/mol. The Hall–Kier alpha value is -2.96. The van der Waals surface area contributed by atoms with Crippen LogP contribution in [0.15, 0.2) is 30.6 Å². The summed E-state index contributed by atoms with van der Waals surface area (Å²) in [5, 5.41) is 0. The lowest BCUT2D eigenvalue weighted by Crippen LogP contribution is -2.50. The second kappa shape index (κ2) is 7.73. The van der Waals surface area contributed by atoms with Crippen molar-refractivity contribution in [2.24, 2.45) is 7.05 Å². The van der Waals surface area contributed by atoms with Gasteiger partial charge in [-0.15, -0.1) is 0 Å². The van der Waals surface area contributed by atoms with E-state index in [4.69, 9.17) is 9.47 Å². The molecule has 1 aromatic heterocycles. The Labute approximate surface area is 159 Å². The van der Waals surface area contributed by atoms with E-state index in [1.165, 1.54) is 0 Å². The third kappa shape index (κ3) is 3.63. The summed E-state index contributed by atoms with van der Waals surface area (Å²) in [6, 6.07) is 5.32. The van der Waals surface area contributed by atoms with Gasteiger partial charge in [-0.25, -0.2) is 0 Å². The van der Waals surface area contributed by atoms with Crippen molar-refractivity contribution >= 4 is 11.8 Å². The Balaban J connectivity index is 1.70. The Morgan fingerprint density at radius 1 is 0.926 bits per heavy atom. The summed E-state index contributed by atoms with van der Waals surface area (Å²) >= 11 is 0. The van der Waals surface area contributed by atoms with E-state index >= 15 is 0 Å². The molecule has 3 rings (SSSR count). The van der Waals surface area contributed by atoms with Crippen LogP contribution in [-0.2, 0) is 7.05 Å². The zero-order valence-corrected chi connectivity index (χ0v) is 16.2. The van der Waals surface area contributed by atoms with Crippen LogP contribution in [-0.4, -0.2) is 66.6 Å². The highest BCUT2D eigenvalue weighted by molar-refractivity contribution is 5.98. The van der Waals surface area contributed by atoms with Gasteiger partial charge in [0.15, 0.2) is 0 Å². The van der Waals surface area contributed by atoms with Gasteiger partial charge in [0.25, 0.3) is 11.8 Å². The lowest BCUT2D eigenvalue weighted by molar-refractivity contribution is 0.0533. The van der Waals surface area contributed by atoms with Crippen LogP contribution in [0.25, 0.3) is 0 Å². The molecule has 0 radical (unpaired) electrons. The third-order valence-electron chi connectivity index (χ3n) is 4.94. The molecule has 2 aromatic rings. The van der Waals surface area contributed by atoms with Crippen molar-refractivity contribution in [1.29, 1.82) is 0 Å². The van der Waals surface area contributed by atoms with Crippen LogP contribution in [0.3, 0.4) is 0 Å². The Morgan fingerprint density at radius 2 is 1.56 bits per heavy atom. The van der Waals surface area contributed by atoms with E-state index < -0.39 is 0 Å². The fourth-order valence-electron chi connectivity index (χ4n) is 3.42. The number of piperazine rings is 1. The number of benzene rings is 1.